The summed E-state index contributed by atoms with van der Waals surface area (Å²) in [5, 5.41) is 2.39. The van der Waals surface area contributed by atoms with Gasteiger partial charge in [0, 0.05) is 16.5 Å². The third-order valence-corrected chi connectivity index (χ3v) is 2.85. The quantitative estimate of drug-likeness (QED) is 0.554. The molecule has 2 aromatic heterocycles. The van der Waals surface area contributed by atoms with Gasteiger partial charge in [-0.15, -0.1) is 0 Å². The highest BCUT2D eigenvalue weighted by Gasteiger charge is 2.05. The molecule has 0 saturated carbocycles. The zero-order chi connectivity index (χ0) is 10.4. The summed E-state index contributed by atoms with van der Waals surface area (Å²) in [5.74, 6) is 0.713. The van der Waals surface area contributed by atoms with Crippen LogP contribution in [0.4, 0.5) is 5.82 Å². The monoisotopic (exact) mass is 199 g/mol. The Hall–Kier alpha value is -1.90. The van der Waals surface area contributed by atoms with E-state index < -0.39 is 0 Å². The molecule has 0 bridgehead atoms. The first kappa shape index (κ1) is 8.41. The lowest BCUT2D eigenvalue weighted by Crippen LogP contribution is -1.81. The van der Waals surface area contributed by atoms with Crippen LogP contribution in [-0.2, 0) is 6.42 Å². The van der Waals surface area contributed by atoms with Crippen molar-refractivity contribution in [2.75, 3.05) is 5.73 Å². The van der Waals surface area contributed by atoms with E-state index in [0.717, 1.165) is 22.8 Å². The fourth-order valence-electron chi connectivity index (χ4n) is 2.07. The van der Waals surface area contributed by atoms with Crippen molar-refractivity contribution in [1.82, 2.24) is 9.97 Å². The molecule has 3 nitrogen and oxygen atoms in total. The average molecular weight is 199 g/mol. The number of hydrogen-bond donors (Lipinski definition) is 3. The van der Waals surface area contributed by atoms with Crippen LogP contribution in [0, 0.1) is 0 Å². The second-order valence-corrected chi connectivity index (χ2v) is 3.87. The largest absolute Gasteiger partial charge is 0.385 e. The maximum atomic E-state index is 5.75. The van der Waals surface area contributed by atoms with Crippen LogP contribution in [0.15, 0.2) is 24.3 Å². The summed E-state index contributed by atoms with van der Waals surface area (Å²) in [7, 11) is 0. The van der Waals surface area contributed by atoms with E-state index in [1.807, 2.05) is 6.07 Å². The number of aromatic amines is 2. The van der Waals surface area contributed by atoms with E-state index in [4.69, 9.17) is 5.73 Å². The van der Waals surface area contributed by atoms with Gasteiger partial charge in [0.15, 0.2) is 0 Å². The van der Waals surface area contributed by atoms with Crippen molar-refractivity contribution < 1.29 is 0 Å². The predicted octanol–water partition coefficient (Wildman–Crippen LogP) is 2.79. The van der Waals surface area contributed by atoms with Crippen LogP contribution in [-0.4, -0.2) is 9.97 Å². The second-order valence-electron chi connectivity index (χ2n) is 3.87. The fraction of sp³-hybridized carbons (Fsp3) is 0.167. The standard InChI is InChI=1S/C12H13N3/c1-2-9-5-7-3-4-8-6-10(13)15-12(8)11(7)14-9/h3-6,14-15H,2,13H2,1H3. The lowest BCUT2D eigenvalue weighted by molar-refractivity contribution is 1.08. The number of nitrogens with one attached hydrogen (secondary N) is 2. The van der Waals surface area contributed by atoms with Gasteiger partial charge >= 0.3 is 0 Å². The second kappa shape index (κ2) is 2.79. The van der Waals surface area contributed by atoms with Gasteiger partial charge in [0.25, 0.3) is 0 Å². The summed E-state index contributed by atoms with van der Waals surface area (Å²) in [6, 6.07) is 8.37. The van der Waals surface area contributed by atoms with Crippen LogP contribution in [0.3, 0.4) is 0 Å². The van der Waals surface area contributed by atoms with E-state index in [2.05, 4.69) is 35.1 Å². The smallest absolute Gasteiger partial charge is 0.101 e. The minimum atomic E-state index is 0.713. The van der Waals surface area contributed by atoms with Crippen molar-refractivity contribution in [2.24, 2.45) is 0 Å². The first-order valence-corrected chi connectivity index (χ1v) is 5.16. The van der Waals surface area contributed by atoms with E-state index in [1.165, 1.54) is 11.1 Å². The molecule has 15 heavy (non-hydrogen) atoms. The summed E-state index contributed by atoms with van der Waals surface area (Å²) in [6.45, 7) is 2.14. The number of nitrogens with two attached hydrogens (primary N) is 1. The summed E-state index contributed by atoms with van der Waals surface area (Å²) in [6.07, 6.45) is 1.02. The molecule has 0 spiro atoms. The van der Waals surface area contributed by atoms with Crippen molar-refractivity contribution in [3.8, 4) is 0 Å². The Kier molecular flexibility index (Phi) is 1.57. The maximum Gasteiger partial charge on any atom is 0.101 e. The molecule has 0 aliphatic carbocycles. The van der Waals surface area contributed by atoms with Crippen LogP contribution in [0.5, 0.6) is 0 Å². The molecule has 4 N–H and O–H groups in total. The Morgan fingerprint density at radius 2 is 1.73 bits per heavy atom. The number of H-pyrrole nitrogens is 2. The molecule has 3 rings (SSSR count). The van der Waals surface area contributed by atoms with E-state index in [1.54, 1.807) is 0 Å². The molecule has 0 atom stereocenters. The van der Waals surface area contributed by atoms with E-state index >= 15 is 0 Å². The van der Waals surface area contributed by atoms with Gasteiger partial charge in [-0.25, -0.2) is 0 Å². The summed E-state index contributed by atoms with van der Waals surface area (Å²) < 4.78 is 0. The van der Waals surface area contributed by atoms with Gasteiger partial charge in [0.1, 0.15) is 5.82 Å². The average Bonchev–Trinajstić information content (AvgIpc) is 2.78. The number of aromatic nitrogens is 2. The van der Waals surface area contributed by atoms with E-state index in [9.17, 15) is 0 Å². The molecule has 0 radical (unpaired) electrons. The zero-order valence-corrected chi connectivity index (χ0v) is 8.59. The molecule has 0 saturated heterocycles. The molecular formula is C12H13N3. The topological polar surface area (TPSA) is 57.6 Å². The SMILES string of the molecule is CCc1cc2ccc3cc(N)[nH]c3c2[nH]1. The highest BCUT2D eigenvalue weighted by molar-refractivity contribution is 6.05. The van der Waals surface area contributed by atoms with Gasteiger partial charge in [0.2, 0.25) is 0 Å². The fourth-order valence-corrected chi connectivity index (χ4v) is 2.07. The molecule has 0 aliphatic rings. The van der Waals surface area contributed by atoms with Gasteiger partial charge in [-0.3, -0.25) is 0 Å². The Morgan fingerprint density at radius 3 is 2.47 bits per heavy atom. The minimum Gasteiger partial charge on any atom is -0.385 e. The molecule has 1 aromatic carbocycles. The molecule has 0 unspecified atom stereocenters. The van der Waals surface area contributed by atoms with Crippen molar-refractivity contribution >= 4 is 27.6 Å². The number of fused-ring (bicyclic) bond motifs is 3. The minimum absolute atomic E-state index is 0.713. The molecule has 2 heterocycles. The number of anilines is 1. The number of aryl methyl sites for hydroxylation is 1. The Bertz CT molecular complexity index is 631. The summed E-state index contributed by atoms with van der Waals surface area (Å²) in [5.41, 5.74) is 9.26. The van der Waals surface area contributed by atoms with Crippen molar-refractivity contribution in [2.45, 2.75) is 13.3 Å². The van der Waals surface area contributed by atoms with Crippen molar-refractivity contribution in [3.63, 3.8) is 0 Å². The first-order valence-electron chi connectivity index (χ1n) is 5.16. The highest BCUT2D eigenvalue weighted by atomic mass is 14.9. The predicted molar refractivity (Wildman–Crippen MR) is 63.9 cm³/mol. The molecule has 3 heteroatoms. The van der Waals surface area contributed by atoms with Gasteiger partial charge in [-0.05, 0) is 18.6 Å². The Morgan fingerprint density at radius 1 is 1.07 bits per heavy atom. The van der Waals surface area contributed by atoms with Crippen LogP contribution in [0.1, 0.15) is 12.6 Å². The maximum absolute atomic E-state index is 5.75. The normalized spacial score (nSPS) is 11.5. The number of nitrogen functional groups attached to an aromatic ring is 1. The molecule has 0 fully saturated rings. The van der Waals surface area contributed by atoms with Crippen molar-refractivity contribution in [3.05, 3.63) is 30.0 Å². The van der Waals surface area contributed by atoms with Gasteiger partial charge in [-0.2, -0.15) is 0 Å². The number of rotatable bonds is 1. The third kappa shape index (κ3) is 1.13. The van der Waals surface area contributed by atoms with Crippen molar-refractivity contribution in [1.29, 1.82) is 0 Å². The number of benzene rings is 1. The lowest BCUT2D eigenvalue weighted by Gasteiger charge is -1.92. The Labute approximate surface area is 87.3 Å². The first-order chi connectivity index (χ1) is 7.28. The molecule has 0 amide bonds. The highest BCUT2D eigenvalue weighted by Crippen LogP contribution is 2.26. The lowest BCUT2D eigenvalue weighted by atomic mass is 10.2. The summed E-state index contributed by atoms with van der Waals surface area (Å²) in [4.78, 5) is 6.60. The Balaban J connectivity index is 2.46. The third-order valence-electron chi connectivity index (χ3n) is 2.85. The van der Waals surface area contributed by atoms with Gasteiger partial charge in [-0.1, -0.05) is 19.1 Å². The van der Waals surface area contributed by atoms with Gasteiger partial charge < -0.3 is 15.7 Å². The molecule has 3 aromatic rings. The summed E-state index contributed by atoms with van der Waals surface area (Å²) >= 11 is 0. The molecule has 0 aliphatic heterocycles. The van der Waals surface area contributed by atoms with Crippen LogP contribution >= 0.6 is 0 Å². The van der Waals surface area contributed by atoms with E-state index in [-0.39, 0.29) is 0 Å². The number of hydrogen-bond acceptors (Lipinski definition) is 1. The van der Waals surface area contributed by atoms with Crippen LogP contribution < -0.4 is 5.73 Å². The van der Waals surface area contributed by atoms with Crippen LogP contribution in [0.25, 0.3) is 21.8 Å². The zero-order valence-electron chi connectivity index (χ0n) is 8.59. The molecule has 76 valence electrons. The van der Waals surface area contributed by atoms with E-state index in [0.29, 0.717) is 5.82 Å². The molecular weight excluding hydrogens is 186 g/mol. The van der Waals surface area contributed by atoms with Gasteiger partial charge in [0.05, 0.1) is 11.0 Å². The van der Waals surface area contributed by atoms with Crippen LogP contribution in [0.2, 0.25) is 0 Å².